The molecule has 7 nitrogen and oxygen atoms in total. The summed E-state index contributed by atoms with van der Waals surface area (Å²) in [7, 11) is 1.67. The van der Waals surface area contributed by atoms with Crippen molar-refractivity contribution in [2.75, 3.05) is 17.3 Å². The van der Waals surface area contributed by atoms with E-state index in [0.717, 1.165) is 5.56 Å². The average molecular weight is 395 g/mol. The lowest BCUT2D eigenvalue weighted by atomic mass is 10.2. The molecule has 29 heavy (non-hydrogen) atoms. The number of anilines is 2. The normalized spacial score (nSPS) is 10.7. The molecule has 2 rings (SSSR count). The van der Waals surface area contributed by atoms with E-state index >= 15 is 0 Å². The molecule has 2 aromatic carbocycles. The molecule has 0 fully saturated rings. The zero-order chi connectivity index (χ0) is 21.4. The second-order valence-corrected chi connectivity index (χ2v) is 6.71. The molecule has 0 atom stereocenters. The van der Waals surface area contributed by atoms with Crippen LogP contribution in [0.2, 0.25) is 0 Å². The van der Waals surface area contributed by atoms with E-state index in [0.29, 0.717) is 17.1 Å². The largest absolute Gasteiger partial charge is 0.423 e. The first-order valence-electron chi connectivity index (χ1n) is 9.16. The summed E-state index contributed by atoms with van der Waals surface area (Å²) < 4.78 is 5.27. The molecule has 0 aliphatic rings. The smallest absolute Gasteiger partial charge is 0.336 e. The summed E-state index contributed by atoms with van der Waals surface area (Å²) in [4.78, 5) is 36.5. The molecule has 0 aromatic heterocycles. The number of esters is 1. The van der Waals surface area contributed by atoms with E-state index in [1.54, 1.807) is 61.7 Å². The Labute approximate surface area is 170 Å². The average Bonchev–Trinajstić information content (AvgIpc) is 2.66. The number of amides is 3. The van der Waals surface area contributed by atoms with Crippen LogP contribution in [0.25, 0.3) is 6.08 Å². The van der Waals surface area contributed by atoms with Gasteiger partial charge in [-0.2, -0.15) is 0 Å². The molecule has 152 valence electrons. The van der Waals surface area contributed by atoms with E-state index < -0.39 is 5.97 Å². The minimum atomic E-state index is -0.519. The van der Waals surface area contributed by atoms with Crippen molar-refractivity contribution in [2.24, 2.45) is 0 Å². The quantitative estimate of drug-likeness (QED) is 0.442. The van der Waals surface area contributed by atoms with Crippen LogP contribution in [0.15, 0.2) is 54.6 Å². The molecule has 0 aliphatic carbocycles. The molecule has 0 heterocycles. The van der Waals surface area contributed by atoms with Gasteiger partial charge in [0.2, 0.25) is 5.91 Å². The summed E-state index contributed by atoms with van der Waals surface area (Å²) >= 11 is 0. The van der Waals surface area contributed by atoms with Gasteiger partial charge in [0.15, 0.2) is 0 Å². The van der Waals surface area contributed by atoms with Gasteiger partial charge >= 0.3 is 12.0 Å². The van der Waals surface area contributed by atoms with Crippen LogP contribution in [0.3, 0.4) is 0 Å². The SMILES string of the molecule is CC(=O)Nc1ccc(/C=C/C(=O)Oc2ccc(N(C)C(=O)NC(C)C)cc2)cc1. The molecule has 7 heteroatoms. The first-order valence-corrected chi connectivity index (χ1v) is 9.16. The van der Waals surface area contributed by atoms with Crippen molar-refractivity contribution in [3.8, 4) is 5.75 Å². The van der Waals surface area contributed by atoms with Crippen molar-refractivity contribution >= 4 is 35.4 Å². The minimum Gasteiger partial charge on any atom is -0.423 e. The number of hydrogen-bond donors (Lipinski definition) is 2. The molecule has 0 saturated carbocycles. The lowest BCUT2D eigenvalue weighted by Crippen LogP contribution is -2.40. The topological polar surface area (TPSA) is 87.7 Å². The summed E-state index contributed by atoms with van der Waals surface area (Å²) in [6.45, 7) is 5.22. The van der Waals surface area contributed by atoms with Crippen LogP contribution in [-0.2, 0) is 9.59 Å². The Hall–Kier alpha value is -3.61. The molecule has 3 amide bonds. The molecule has 2 N–H and O–H groups in total. The van der Waals surface area contributed by atoms with Crippen LogP contribution >= 0.6 is 0 Å². The zero-order valence-electron chi connectivity index (χ0n) is 16.9. The van der Waals surface area contributed by atoms with E-state index in [2.05, 4.69) is 10.6 Å². The van der Waals surface area contributed by atoms with E-state index in [1.807, 2.05) is 13.8 Å². The molecule has 0 radical (unpaired) electrons. The van der Waals surface area contributed by atoms with E-state index in [1.165, 1.54) is 17.9 Å². The van der Waals surface area contributed by atoms with Crippen LogP contribution < -0.4 is 20.3 Å². The molecule has 0 unspecified atom stereocenters. The van der Waals surface area contributed by atoms with Gasteiger partial charge in [-0.1, -0.05) is 12.1 Å². The highest BCUT2D eigenvalue weighted by Gasteiger charge is 2.11. The Balaban J connectivity index is 1.92. The highest BCUT2D eigenvalue weighted by Crippen LogP contribution is 2.19. The number of rotatable bonds is 6. The van der Waals surface area contributed by atoms with Crippen molar-refractivity contribution in [3.63, 3.8) is 0 Å². The highest BCUT2D eigenvalue weighted by molar-refractivity contribution is 5.92. The summed E-state index contributed by atoms with van der Waals surface area (Å²) in [6.07, 6.45) is 2.95. The molecule has 0 aliphatic heterocycles. The van der Waals surface area contributed by atoms with Gasteiger partial charge in [-0.05, 0) is 61.9 Å². The lowest BCUT2D eigenvalue weighted by Gasteiger charge is -2.19. The zero-order valence-corrected chi connectivity index (χ0v) is 16.9. The number of nitrogens with zero attached hydrogens (tertiary/aromatic N) is 1. The van der Waals surface area contributed by atoms with Crippen molar-refractivity contribution < 1.29 is 19.1 Å². The molecular weight excluding hydrogens is 370 g/mol. The maximum atomic E-state index is 12.0. The third kappa shape index (κ3) is 7.14. The van der Waals surface area contributed by atoms with Gasteiger partial charge in [-0.15, -0.1) is 0 Å². The molecular formula is C22H25N3O4. The number of urea groups is 1. The van der Waals surface area contributed by atoms with Gasteiger partial charge in [0.1, 0.15) is 5.75 Å². The van der Waals surface area contributed by atoms with Gasteiger partial charge in [0, 0.05) is 37.5 Å². The van der Waals surface area contributed by atoms with Crippen molar-refractivity contribution in [1.82, 2.24) is 5.32 Å². The van der Waals surface area contributed by atoms with Crippen LogP contribution in [0, 0.1) is 0 Å². The Morgan fingerprint density at radius 1 is 1.00 bits per heavy atom. The number of ether oxygens (including phenoxy) is 1. The van der Waals surface area contributed by atoms with Crippen molar-refractivity contribution in [1.29, 1.82) is 0 Å². The summed E-state index contributed by atoms with van der Waals surface area (Å²) in [6, 6.07) is 13.5. The van der Waals surface area contributed by atoms with Crippen molar-refractivity contribution in [2.45, 2.75) is 26.8 Å². The van der Waals surface area contributed by atoms with Gasteiger partial charge in [0.05, 0.1) is 0 Å². The third-order valence-electron chi connectivity index (χ3n) is 3.80. The van der Waals surface area contributed by atoms with Crippen LogP contribution in [-0.4, -0.2) is 31.0 Å². The first-order chi connectivity index (χ1) is 13.7. The Bertz CT molecular complexity index is 887. The number of benzene rings is 2. The fraction of sp³-hybridized carbons (Fsp3) is 0.227. The highest BCUT2D eigenvalue weighted by atomic mass is 16.5. The molecule has 0 bridgehead atoms. The predicted octanol–water partition coefficient (Wildman–Crippen LogP) is 3.82. The third-order valence-corrected chi connectivity index (χ3v) is 3.80. The van der Waals surface area contributed by atoms with Crippen LogP contribution in [0.1, 0.15) is 26.3 Å². The lowest BCUT2D eigenvalue weighted by molar-refractivity contribution is -0.128. The van der Waals surface area contributed by atoms with Crippen LogP contribution in [0.5, 0.6) is 5.75 Å². The number of carbonyl (C=O) groups is 3. The first kappa shape index (κ1) is 21.7. The second-order valence-electron chi connectivity index (χ2n) is 6.71. The fourth-order valence-electron chi connectivity index (χ4n) is 2.39. The van der Waals surface area contributed by atoms with E-state index in [9.17, 15) is 14.4 Å². The van der Waals surface area contributed by atoms with Gasteiger partial charge in [-0.3, -0.25) is 9.69 Å². The monoisotopic (exact) mass is 395 g/mol. The molecule has 0 spiro atoms. The van der Waals surface area contributed by atoms with Crippen LogP contribution in [0.4, 0.5) is 16.2 Å². The standard InChI is InChI=1S/C22H25N3O4/c1-15(2)23-22(28)25(4)19-10-12-20(13-11-19)29-21(27)14-7-17-5-8-18(9-6-17)24-16(3)26/h5-15H,1-4H3,(H,23,28)(H,24,26)/b14-7+. The number of hydrogen-bond acceptors (Lipinski definition) is 4. The Morgan fingerprint density at radius 2 is 1.62 bits per heavy atom. The van der Waals surface area contributed by atoms with Gasteiger partial charge in [0.25, 0.3) is 0 Å². The van der Waals surface area contributed by atoms with Gasteiger partial charge < -0.3 is 15.4 Å². The Kier molecular flexibility index (Phi) is 7.54. The maximum absolute atomic E-state index is 12.0. The van der Waals surface area contributed by atoms with E-state index in [4.69, 9.17) is 4.74 Å². The maximum Gasteiger partial charge on any atom is 0.336 e. The van der Waals surface area contributed by atoms with E-state index in [-0.39, 0.29) is 18.0 Å². The number of nitrogens with one attached hydrogen (secondary N) is 2. The minimum absolute atomic E-state index is 0.0403. The summed E-state index contributed by atoms with van der Waals surface area (Å²) in [5, 5.41) is 5.48. The second kappa shape index (κ2) is 10.1. The molecule has 0 saturated heterocycles. The molecule has 2 aromatic rings. The number of carbonyl (C=O) groups excluding carboxylic acids is 3. The fourth-order valence-corrected chi connectivity index (χ4v) is 2.39. The Morgan fingerprint density at radius 3 is 2.17 bits per heavy atom. The van der Waals surface area contributed by atoms with Crippen molar-refractivity contribution in [3.05, 3.63) is 60.2 Å². The predicted molar refractivity (Wildman–Crippen MR) is 114 cm³/mol. The summed E-state index contributed by atoms with van der Waals surface area (Å²) in [5.74, 6) is -0.286. The summed E-state index contributed by atoms with van der Waals surface area (Å²) in [5.41, 5.74) is 2.16. The van der Waals surface area contributed by atoms with Gasteiger partial charge in [-0.25, -0.2) is 9.59 Å².